The normalized spacial score (nSPS) is 11.6. The van der Waals surface area contributed by atoms with Crippen molar-refractivity contribution in [3.63, 3.8) is 0 Å². The van der Waals surface area contributed by atoms with E-state index in [1.54, 1.807) is 13.2 Å². The molecule has 0 aliphatic rings. The van der Waals surface area contributed by atoms with Crippen molar-refractivity contribution in [1.82, 2.24) is 5.32 Å². The van der Waals surface area contributed by atoms with E-state index in [0.717, 1.165) is 12.0 Å². The summed E-state index contributed by atoms with van der Waals surface area (Å²) in [6, 6.07) is 15.2. The highest BCUT2D eigenvalue weighted by atomic mass is 16.5. The van der Waals surface area contributed by atoms with Crippen LogP contribution in [0.4, 0.5) is 10.5 Å². The number of hydrogen-bond acceptors (Lipinski definition) is 2. The Kier molecular flexibility index (Phi) is 5.42. The van der Waals surface area contributed by atoms with Crippen molar-refractivity contribution in [2.45, 2.75) is 26.3 Å². The number of amides is 2. The molecule has 0 aliphatic heterocycles. The van der Waals surface area contributed by atoms with E-state index >= 15 is 0 Å². The van der Waals surface area contributed by atoms with Gasteiger partial charge in [0.1, 0.15) is 5.75 Å². The Morgan fingerprint density at radius 1 is 1.18 bits per heavy atom. The summed E-state index contributed by atoms with van der Waals surface area (Å²) < 4.78 is 5.15. The Bertz CT molecular complexity index is 640. The number of benzene rings is 2. The highest BCUT2D eigenvalue weighted by Gasteiger charge is 2.14. The van der Waals surface area contributed by atoms with Crippen LogP contribution in [0.15, 0.2) is 48.5 Å². The van der Waals surface area contributed by atoms with Gasteiger partial charge in [0.05, 0.1) is 13.2 Å². The minimum absolute atomic E-state index is 0.00759. The maximum absolute atomic E-state index is 12.2. The predicted molar refractivity (Wildman–Crippen MR) is 89.4 cm³/mol. The Morgan fingerprint density at radius 3 is 2.64 bits per heavy atom. The zero-order valence-electron chi connectivity index (χ0n) is 13.2. The molecule has 0 aliphatic carbocycles. The maximum Gasteiger partial charge on any atom is 0.319 e. The van der Waals surface area contributed by atoms with Crippen LogP contribution in [-0.4, -0.2) is 13.1 Å². The molecule has 0 spiro atoms. The van der Waals surface area contributed by atoms with E-state index in [9.17, 15) is 4.79 Å². The molecule has 116 valence electrons. The molecule has 0 radical (unpaired) electrons. The smallest absolute Gasteiger partial charge is 0.319 e. The van der Waals surface area contributed by atoms with Gasteiger partial charge in [-0.3, -0.25) is 0 Å². The van der Waals surface area contributed by atoms with Gasteiger partial charge in [-0.2, -0.15) is 0 Å². The number of carbonyl (C=O) groups excluding carboxylic acids is 1. The van der Waals surface area contributed by atoms with Gasteiger partial charge in [0.2, 0.25) is 0 Å². The number of rotatable bonds is 5. The van der Waals surface area contributed by atoms with E-state index in [2.05, 4.69) is 36.6 Å². The van der Waals surface area contributed by atoms with Crippen molar-refractivity contribution >= 4 is 11.7 Å². The van der Waals surface area contributed by atoms with Gasteiger partial charge in [0.25, 0.3) is 0 Å². The zero-order valence-corrected chi connectivity index (χ0v) is 13.2. The van der Waals surface area contributed by atoms with Gasteiger partial charge in [-0.25, -0.2) is 4.79 Å². The third-order valence-corrected chi connectivity index (χ3v) is 3.61. The molecule has 1 atom stereocenters. The molecule has 2 rings (SSSR count). The topological polar surface area (TPSA) is 50.4 Å². The van der Waals surface area contributed by atoms with E-state index in [1.807, 2.05) is 30.3 Å². The van der Waals surface area contributed by atoms with E-state index in [4.69, 9.17) is 4.74 Å². The number of nitrogens with one attached hydrogen (secondary N) is 2. The zero-order chi connectivity index (χ0) is 15.9. The lowest BCUT2D eigenvalue weighted by Gasteiger charge is -2.20. The van der Waals surface area contributed by atoms with Gasteiger partial charge in [0, 0.05) is 11.8 Å². The largest absolute Gasteiger partial charge is 0.497 e. The van der Waals surface area contributed by atoms with Crippen molar-refractivity contribution in [3.8, 4) is 5.75 Å². The number of ether oxygens (including phenoxy) is 1. The van der Waals surface area contributed by atoms with Crippen LogP contribution in [-0.2, 0) is 0 Å². The van der Waals surface area contributed by atoms with Gasteiger partial charge in [0.15, 0.2) is 0 Å². The first-order valence-electron chi connectivity index (χ1n) is 7.41. The number of urea groups is 1. The number of hydrogen-bond donors (Lipinski definition) is 2. The van der Waals surface area contributed by atoms with E-state index in [-0.39, 0.29) is 12.1 Å². The standard InChI is InChI=1S/C18H22N2O2/c1-4-17(16-11-6-5-8-13(16)2)20-18(21)19-14-9-7-10-15(12-14)22-3/h5-12,17H,4H2,1-3H3,(H2,19,20,21). The lowest BCUT2D eigenvalue weighted by atomic mass is 9.99. The molecule has 2 amide bonds. The van der Waals surface area contributed by atoms with Crippen molar-refractivity contribution in [2.24, 2.45) is 0 Å². The predicted octanol–water partition coefficient (Wildman–Crippen LogP) is 4.28. The van der Waals surface area contributed by atoms with Crippen LogP contribution in [0.2, 0.25) is 0 Å². The molecule has 2 aromatic rings. The summed E-state index contributed by atoms with van der Waals surface area (Å²) in [5, 5.41) is 5.86. The first-order chi connectivity index (χ1) is 10.6. The molecule has 0 aromatic heterocycles. The Labute approximate surface area is 131 Å². The molecule has 0 saturated heterocycles. The SMILES string of the molecule is CCC(NC(=O)Nc1cccc(OC)c1)c1ccccc1C. The first kappa shape index (κ1) is 15.9. The second kappa shape index (κ2) is 7.50. The van der Waals surface area contributed by atoms with Gasteiger partial charge in [-0.15, -0.1) is 0 Å². The molecule has 2 aromatic carbocycles. The monoisotopic (exact) mass is 298 g/mol. The molecule has 22 heavy (non-hydrogen) atoms. The third kappa shape index (κ3) is 4.01. The quantitative estimate of drug-likeness (QED) is 0.865. The molecule has 4 heteroatoms. The molecule has 2 N–H and O–H groups in total. The van der Waals surface area contributed by atoms with Crippen molar-refractivity contribution in [3.05, 3.63) is 59.7 Å². The van der Waals surface area contributed by atoms with Crippen molar-refractivity contribution in [1.29, 1.82) is 0 Å². The van der Waals surface area contributed by atoms with Crippen LogP contribution in [0.5, 0.6) is 5.75 Å². The number of anilines is 1. The summed E-state index contributed by atoms with van der Waals surface area (Å²) in [5.74, 6) is 0.712. The van der Waals surface area contributed by atoms with Gasteiger partial charge >= 0.3 is 6.03 Å². The maximum atomic E-state index is 12.2. The summed E-state index contributed by atoms with van der Waals surface area (Å²) in [6.45, 7) is 4.11. The second-order valence-corrected chi connectivity index (χ2v) is 5.15. The van der Waals surface area contributed by atoms with Crippen LogP contribution < -0.4 is 15.4 Å². The highest BCUT2D eigenvalue weighted by molar-refractivity contribution is 5.89. The Hall–Kier alpha value is -2.49. The number of methoxy groups -OCH3 is 1. The minimum Gasteiger partial charge on any atom is -0.497 e. The Balaban J connectivity index is 2.05. The summed E-state index contributed by atoms with van der Waals surface area (Å²) >= 11 is 0. The van der Waals surface area contributed by atoms with E-state index in [0.29, 0.717) is 11.4 Å². The summed E-state index contributed by atoms with van der Waals surface area (Å²) in [6.07, 6.45) is 0.830. The van der Waals surface area contributed by atoms with Crippen LogP contribution >= 0.6 is 0 Å². The van der Waals surface area contributed by atoms with E-state index in [1.165, 1.54) is 5.56 Å². The number of carbonyl (C=O) groups is 1. The summed E-state index contributed by atoms with van der Waals surface area (Å²) in [5.41, 5.74) is 3.03. The molecule has 0 saturated carbocycles. The molecule has 0 fully saturated rings. The first-order valence-corrected chi connectivity index (χ1v) is 7.41. The average Bonchev–Trinajstić information content (AvgIpc) is 2.53. The summed E-state index contributed by atoms with van der Waals surface area (Å²) in [4.78, 5) is 12.2. The third-order valence-electron chi connectivity index (χ3n) is 3.61. The minimum atomic E-state index is -0.219. The molecule has 1 unspecified atom stereocenters. The second-order valence-electron chi connectivity index (χ2n) is 5.15. The highest BCUT2D eigenvalue weighted by Crippen LogP contribution is 2.21. The fraction of sp³-hybridized carbons (Fsp3) is 0.278. The van der Waals surface area contributed by atoms with Crippen LogP contribution in [0.25, 0.3) is 0 Å². The molecule has 4 nitrogen and oxygen atoms in total. The van der Waals surface area contributed by atoms with Crippen molar-refractivity contribution < 1.29 is 9.53 Å². The fourth-order valence-corrected chi connectivity index (χ4v) is 2.40. The Morgan fingerprint density at radius 2 is 1.95 bits per heavy atom. The van der Waals surface area contributed by atoms with Crippen LogP contribution in [0.3, 0.4) is 0 Å². The van der Waals surface area contributed by atoms with Crippen LogP contribution in [0, 0.1) is 6.92 Å². The summed E-state index contributed by atoms with van der Waals surface area (Å²) in [7, 11) is 1.60. The van der Waals surface area contributed by atoms with Gasteiger partial charge in [-0.05, 0) is 36.6 Å². The van der Waals surface area contributed by atoms with E-state index < -0.39 is 0 Å². The lowest BCUT2D eigenvalue weighted by molar-refractivity contribution is 0.248. The van der Waals surface area contributed by atoms with Gasteiger partial charge < -0.3 is 15.4 Å². The number of aryl methyl sites for hydroxylation is 1. The van der Waals surface area contributed by atoms with Gasteiger partial charge in [-0.1, -0.05) is 37.3 Å². The van der Waals surface area contributed by atoms with Crippen LogP contribution in [0.1, 0.15) is 30.5 Å². The molecular weight excluding hydrogens is 276 g/mol. The van der Waals surface area contributed by atoms with Crippen molar-refractivity contribution in [2.75, 3.05) is 12.4 Å². The fourth-order valence-electron chi connectivity index (χ4n) is 2.40. The molecule has 0 bridgehead atoms. The molecular formula is C18H22N2O2. The molecule has 0 heterocycles. The average molecular weight is 298 g/mol. The lowest BCUT2D eigenvalue weighted by Crippen LogP contribution is -2.32.